The molecule has 4 heteroatoms. The SMILES string of the molecule is CC(N)c1cc2ccc(Cl)c(Cl)c2[nH]1. The van der Waals surface area contributed by atoms with Crippen molar-refractivity contribution in [2.45, 2.75) is 13.0 Å². The highest BCUT2D eigenvalue weighted by Crippen LogP contribution is 2.31. The van der Waals surface area contributed by atoms with E-state index in [-0.39, 0.29) is 6.04 Å². The Hall–Kier alpha value is -0.700. The van der Waals surface area contributed by atoms with Gasteiger partial charge < -0.3 is 10.7 Å². The normalized spacial score (nSPS) is 13.4. The van der Waals surface area contributed by atoms with E-state index in [2.05, 4.69) is 4.98 Å². The molecule has 1 unspecified atom stereocenters. The van der Waals surface area contributed by atoms with Crippen LogP contribution in [-0.4, -0.2) is 4.98 Å². The third-order valence-electron chi connectivity index (χ3n) is 2.20. The zero-order valence-electron chi connectivity index (χ0n) is 7.64. The molecule has 0 saturated carbocycles. The van der Waals surface area contributed by atoms with Gasteiger partial charge in [0.25, 0.3) is 0 Å². The zero-order valence-corrected chi connectivity index (χ0v) is 9.15. The zero-order chi connectivity index (χ0) is 10.3. The average molecular weight is 229 g/mol. The molecule has 74 valence electrons. The smallest absolute Gasteiger partial charge is 0.0833 e. The van der Waals surface area contributed by atoms with Crippen LogP contribution < -0.4 is 5.73 Å². The second-order valence-corrected chi connectivity index (χ2v) is 4.12. The number of nitrogens with two attached hydrogens (primary N) is 1. The Labute approximate surface area is 92.0 Å². The Bertz CT molecular complexity index is 474. The van der Waals surface area contributed by atoms with Crippen LogP contribution in [0.1, 0.15) is 18.7 Å². The Morgan fingerprint density at radius 1 is 1.36 bits per heavy atom. The third-order valence-corrected chi connectivity index (χ3v) is 3.00. The fraction of sp³-hybridized carbons (Fsp3) is 0.200. The number of halogens is 2. The van der Waals surface area contributed by atoms with Crippen molar-refractivity contribution in [3.63, 3.8) is 0 Å². The highest BCUT2D eigenvalue weighted by molar-refractivity contribution is 6.45. The van der Waals surface area contributed by atoms with Gasteiger partial charge in [0.1, 0.15) is 0 Å². The van der Waals surface area contributed by atoms with Gasteiger partial charge in [-0.2, -0.15) is 0 Å². The predicted octanol–water partition coefficient (Wildman–Crippen LogP) is 3.49. The molecule has 0 radical (unpaired) electrons. The molecule has 2 nitrogen and oxygen atoms in total. The van der Waals surface area contributed by atoms with Crippen LogP contribution >= 0.6 is 23.2 Å². The molecule has 14 heavy (non-hydrogen) atoms. The maximum Gasteiger partial charge on any atom is 0.0833 e. The molecule has 0 spiro atoms. The van der Waals surface area contributed by atoms with Crippen molar-refractivity contribution in [3.8, 4) is 0 Å². The summed E-state index contributed by atoms with van der Waals surface area (Å²) in [5.41, 5.74) is 7.57. The van der Waals surface area contributed by atoms with Gasteiger partial charge in [0.2, 0.25) is 0 Å². The van der Waals surface area contributed by atoms with Crippen molar-refractivity contribution in [2.75, 3.05) is 0 Å². The van der Waals surface area contributed by atoms with Gasteiger partial charge in [-0.3, -0.25) is 0 Å². The molecule has 1 aromatic heterocycles. The van der Waals surface area contributed by atoms with Crippen LogP contribution in [0.25, 0.3) is 10.9 Å². The van der Waals surface area contributed by atoms with Crippen molar-refractivity contribution in [3.05, 3.63) is 33.9 Å². The number of fused-ring (bicyclic) bond motifs is 1. The monoisotopic (exact) mass is 228 g/mol. The number of rotatable bonds is 1. The van der Waals surface area contributed by atoms with E-state index < -0.39 is 0 Å². The predicted molar refractivity (Wildman–Crippen MR) is 60.9 cm³/mol. The molecule has 2 aromatic rings. The van der Waals surface area contributed by atoms with E-state index in [1.54, 1.807) is 6.07 Å². The lowest BCUT2D eigenvalue weighted by molar-refractivity contribution is 0.792. The number of hydrogen-bond acceptors (Lipinski definition) is 1. The van der Waals surface area contributed by atoms with Crippen LogP contribution in [0.4, 0.5) is 0 Å². The number of benzene rings is 1. The number of aromatic nitrogens is 1. The number of nitrogens with one attached hydrogen (secondary N) is 1. The van der Waals surface area contributed by atoms with Gasteiger partial charge in [0, 0.05) is 17.1 Å². The summed E-state index contributed by atoms with van der Waals surface area (Å²) in [6.45, 7) is 1.92. The second kappa shape index (κ2) is 3.46. The van der Waals surface area contributed by atoms with Crippen LogP contribution in [0.15, 0.2) is 18.2 Å². The molecule has 1 heterocycles. The van der Waals surface area contributed by atoms with Gasteiger partial charge >= 0.3 is 0 Å². The average Bonchev–Trinajstić information content (AvgIpc) is 2.56. The first-order valence-corrected chi connectivity index (χ1v) is 5.07. The number of aromatic amines is 1. The minimum atomic E-state index is -0.0303. The van der Waals surface area contributed by atoms with Crippen LogP contribution in [0.2, 0.25) is 10.0 Å². The summed E-state index contributed by atoms with van der Waals surface area (Å²) in [6.07, 6.45) is 0. The summed E-state index contributed by atoms with van der Waals surface area (Å²) < 4.78 is 0. The highest BCUT2D eigenvalue weighted by Gasteiger charge is 2.09. The van der Waals surface area contributed by atoms with Gasteiger partial charge in [-0.25, -0.2) is 0 Å². The van der Waals surface area contributed by atoms with Crippen LogP contribution in [0, 0.1) is 0 Å². The summed E-state index contributed by atoms with van der Waals surface area (Å²) in [6, 6.07) is 5.66. The number of H-pyrrole nitrogens is 1. The fourth-order valence-electron chi connectivity index (χ4n) is 1.41. The minimum Gasteiger partial charge on any atom is -0.356 e. The van der Waals surface area contributed by atoms with Gasteiger partial charge in [0.05, 0.1) is 15.6 Å². The molecule has 0 aliphatic rings. The summed E-state index contributed by atoms with van der Waals surface area (Å²) in [4.78, 5) is 3.16. The van der Waals surface area contributed by atoms with E-state index in [0.29, 0.717) is 10.0 Å². The molecule has 3 N–H and O–H groups in total. The first-order chi connectivity index (χ1) is 6.59. The van der Waals surface area contributed by atoms with E-state index >= 15 is 0 Å². The Morgan fingerprint density at radius 2 is 2.07 bits per heavy atom. The largest absolute Gasteiger partial charge is 0.356 e. The molecule has 0 saturated heterocycles. The van der Waals surface area contributed by atoms with E-state index in [4.69, 9.17) is 28.9 Å². The molecule has 2 rings (SSSR count). The summed E-state index contributed by atoms with van der Waals surface area (Å²) in [5, 5.41) is 2.14. The minimum absolute atomic E-state index is 0.0303. The van der Waals surface area contributed by atoms with Gasteiger partial charge in [-0.15, -0.1) is 0 Å². The summed E-state index contributed by atoms with van der Waals surface area (Å²) in [5.74, 6) is 0. The quantitative estimate of drug-likeness (QED) is 0.772. The van der Waals surface area contributed by atoms with Gasteiger partial charge in [-0.05, 0) is 19.1 Å². The lowest BCUT2D eigenvalue weighted by Gasteiger charge is -1.99. The van der Waals surface area contributed by atoms with Crippen molar-refractivity contribution < 1.29 is 0 Å². The van der Waals surface area contributed by atoms with Gasteiger partial charge in [-0.1, -0.05) is 29.3 Å². The van der Waals surface area contributed by atoms with E-state index in [9.17, 15) is 0 Å². The first-order valence-electron chi connectivity index (χ1n) is 4.32. The molecule has 1 atom stereocenters. The van der Waals surface area contributed by atoms with E-state index in [1.807, 2.05) is 19.1 Å². The molecule has 0 aliphatic heterocycles. The molecular formula is C10H10Cl2N2. The topological polar surface area (TPSA) is 41.8 Å². The third kappa shape index (κ3) is 1.50. The van der Waals surface area contributed by atoms with Crippen LogP contribution in [-0.2, 0) is 0 Å². The molecular weight excluding hydrogens is 219 g/mol. The highest BCUT2D eigenvalue weighted by atomic mass is 35.5. The Kier molecular flexibility index (Phi) is 2.43. The summed E-state index contributed by atoms with van der Waals surface area (Å²) >= 11 is 11.9. The van der Waals surface area contributed by atoms with Crippen molar-refractivity contribution in [2.24, 2.45) is 5.73 Å². The first kappa shape index (κ1) is 9.84. The molecule has 1 aromatic carbocycles. The van der Waals surface area contributed by atoms with E-state index in [0.717, 1.165) is 16.6 Å². The number of hydrogen-bond donors (Lipinski definition) is 2. The van der Waals surface area contributed by atoms with Crippen molar-refractivity contribution in [1.29, 1.82) is 0 Å². The van der Waals surface area contributed by atoms with E-state index in [1.165, 1.54) is 0 Å². The molecule has 0 aliphatic carbocycles. The lowest BCUT2D eigenvalue weighted by Crippen LogP contribution is -2.04. The Morgan fingerprint density at radius 3 is 2.71 bits per heavy atom. The molecule has 0 fully saturated rings. The standard InChI is InChI=1S/C10H10Cl2N2/c1-5(13)8-4-6-2-3-7(11)9(12)10(6)14-8/h2-5,14H,13H2,1H3. The van der Waals surface area contributed by atoms with Gasteiger partial charge in [0.15, 0.2) is 0 Å². The fourth-order valence-corrected chi connectivity index (χ4v) is 1.78. The van der Waals surface area contributed by atoms with Crippen molar-refractivity contribution in [1.82, 2.24) is 4.98 Å². The Balaban J connectivity index is 2.71. The van der Waals surface area contributed by atoms with Crippen molar-refractivity contribution >= 4 is 34.1 Å². The van der Waals surface area contributed by atoms with Crippen LogP contribution in [0.5, 0.6) is 0 Å². The lowest BCUT2D eigenvalue weighted by atomic mass is 10.2. The maximum absolute atomic E-state index is 6.04. The second-order valence-electron chi connectivity index (χ2n) is 3.34. The maximum atomic E-state index is 6.04. The summed E-state index contributed by atoms with van der Waals surface area (Å²) in [7, 11) is 0. The molecule has 0 amide bonds. The molecule has 0 bridgehead atoms. The van der Waals surface area contributed by atoms with Crippen LogP contribution in [0.3, 0.4) is 0 Å².